The molecule has 0 aliphatic carbocycles. The number of nitrogens with one attached hydrogen (secondary N) is 1. The molecule has 2 aromatic rings. The molecule has 20 heavy (non-hydrogen) atoms. The van der Waals surface area contributed by atoms with Crippen molar-refractivity contribution in [1.29, 1.82) is 0 Å². The van der Waals surface area contributed by atoms with Gasteiger partial charge in [-0.25, -0.2) is 4.98 Å². The van der Waals surface area contributed by atoms with Crippen LogP contribution in [-0.4, -0.2) is 16.5 Å². The molecule has 4 heteroatoms. The van der Waals surface area contributed by atoms with E-state index in [-0.39, 0.29) is 6.04 Å². The maximum absolute atomic E-state index is 5.95. The van der Waals surface area contributed by atoms with E-state index in [0.717, 1.165) is 30.6 Å². The van der Waals surface area contributed by atoms with E-state index in [0.29, 0.717) is 5.82 Å². The van der Waals surface area contributed by atoms with Crippen molar-refractivity contribution < 1.29 is 0 Å². The monoisotopic (exact) mass is 270 g/mol. The van der Waals surface area contributed by atoms with Crippen molar-refractivity contribution in [2.24, 2.45) is 0 Å². The van der Waals surface area contributed by atoms with Gasteiger partial charge in [-0.1, -0.05) is 26.0 Å². The van der Waals surface area contributed by atoms with Gasteiger partial charge in [-0.05, 0) is 42.6 Å². The number of pyridine rings is 2. The number of likely N-dealkylation sites (N-methyl/N-ethyl adjacent to an activating group) is 1. The Morgan fingerprint density at radius 3 is 2.45 bits per heavy atom. The number of aryl methyl sites for hydroxylation is 1. The Balaban J connectivity index is 2.29. The second-order valence-corrected chi connectivity index (χ2v) is 4.76. The predicted molar refractivity (Wildman–Crippen MR) is 82.4 cm³/mol. The number of hydrogen-bond acceptors (Lipinski definition) is 4. The Labute approximate surface area is 120 Å². The molecule has 0 fully saturated rings. The molecule has 0 aliphatic heterocycles. The van der Waals surface area contributed by atoms with Crippen LogP contribution in [0.5, 0.6) is 0 Å². The third-order valence-electron chi connectivity index (χ3n) is 3.44. The van der Waals surface area contributed by atoms with Crippen LogP contribution in [0.2, 0.25) is 0 Å². The zero-order valence-electron chi connectivity index (χ0n) is 12.1. The summed E-state index contributed by atoms with van der Waals surface area (Å²) in [6.07, 6.45) is 5.36. The van der Waals surface area contributed by atoms with Gasteiger partial charge in [-0.3, -0.25) is 4.98 Å². The molecule has 0 amide bonds. The van der Waals surface area contributed by atoms with Crippen molar-refractivity contribution in [3.05, 3.63) is 53.5 Å². The Hall–Kier alpha value is -1.94. The third kappa shape index (κ3) is 3.33. The molecule has 0 saturated carbocycles. The summed E-state index contributed by atoms with van der Waals surface area (Å²) >= 11 is 0. The fourth-order valence-corrected chi connectivity index (χ4v) is 2.42. The molecule has 2 heterocycles. The van der Waals surface area contributed by atoms with Gasteiger partial charge in [-0.15, -0.1) is 0 Å². The van der Waals surface area contributed by atoms with Crippen molar-refractivity contribution in [3.63, 3.8) is 0 Å². The Morgan fingerprint density at radius 1 is 1.10 bits per heavy atom. The average molecular weight is 270 g/mol. The molecule has 0 aromatic carbocycles. The van der Waals surface area contributed by atoms with Crippen LogP contribution in [0.15, 0.2) is 36.7 Å². The lowest BCUT2D eigenvalue weighted by Crippen LogP contribution is -2.25. The van der Waals surface area contributed by atoms with E-state index in [2.05, 4.69) is 35.2 Å². The van der Waals surface area contributed by atoms with E-state index in [1.54, 1.807) is 6.20 Å². The van der Waals surface area contributed by atoms with Gasteiger partial charge in [0.2, 0.25) is 0 Å². The third-order valence-corrected chi connectivity index (χ3v) is 3.44. The van der Waals surface area contributed by atoms with Crippen LogP contribution < -0.4 is 11.1 Å². The van der Waals surface area contributed by atoms with Gasteiger partial charge in [0.1, 0.15) is 5.82 Å². The molecule has 4 nitrogen and oxygen atoms in total. The van der Waals surface area contributed by atoms with Crippen molar-refractivity contribution >= 4 is 5.82 Å². The van der Waals surface area contributed by atoms with Crippen LogP contribution in [0.4, 0.5) is 5.82 Å². The van der Waals surface area contributed by atoms with Crippen LogP contribution in [0.3, 0.4) is 0 Å². The molecule has 0 bridgehead atoms. The highest BCUT2D eigenvalue weighted by molar-refractivity contribution is 5.40. The maximum atomic E-state index is 5.95. The van der Waals surface area contributed by atoms with Gasteiger partial charge in [0, 0.05) is 12.4 Å². The standard InChI is InChI=1S/C16H22N4/c1-3-12-7-5-9-19-15(12)14(18-4-2)11-13-8-6-10-20-16(13)17/h5-10,14,18H,3-4,11H2,1-2H3,(H2,17,20). The van der Waals surface area contributed by atoms with Gasteiger partial charge in [0.15, 0.2) is 0 Å². The lowest BCUT2D eigenvalue weighted by atomic mass is 9.98. The molecule has 1 unspecified atom stereocenters. The quantitative estimate of drug-likeness (QED) is 0.846. The lowest BCUT2D eigenvalue weighted by Gasteiger charge is -2.20. The number of nitrogen functional groups attached to an aromatic ring is 1. The molecule has 0 spiro atoms. The fourth-order valence-electron chi connectivity index (χ4n) is 2.42. The molecule has 3 N–H and O–H groups in total. The number of nitrogens with zero attached hydrogens (tertiary/aromatic N) is 2. The molecule has 2 aromatic heterocycles. The number of anilines is 1. The second kappa shape index (κ2) is 7.01. The number of rotatable bonds is 6. The molecule has 0 saturated heterocycles. The largest absolute Gasteiger partial charge is 0.383 e. The number of aromatic nitrogens is 2. The summed E-state index contributed by atoms with van der Waals surface area (Å²) in [7, 11) is 0. The zero-order valence-corrected chi connectivity index (χ0v) is 12.1. The first kappa shape index (κ1) is 14.5. The Bertz CT molecular complexity index is 554. The predicted octanol–water partition coefficient (Wildman–Crippen LogP) is 2.51. The first-order valence-corrected chi connectivity index (χ1v) is 7.12. The van der Waals surface area contributed by atoms with Crippen LogP contribution in [0.25, 0.3) is 0 Å². The van der Waals surface area contributed by atoms with E-state index < -0.39 is 0 Å². The summed E-state index contributed by atoms with van der Waals surface area (Å²) < 4.78 is 0. The summed E-state index contributed by atoms with van der Waals surface area (Å²) in [4.78, 5) is 8.73. The highest BCUT2D eigenvalue weighted by atomic mass is 14.9. The molecule has 0 radical (unpaired) electrons. The molecule has 1 atom stereocenters. The lowest BCUT2D eigenvalue weighted by molar-refractivity contribution is 0.532. The van der Waals surface area contributed by atoms with Gasteiger partial charge in [-0.2, -0.15) is 0 Å². The summed E-state index contributed by atoms with van der Waals surface area (Å²) in [5.41, 5.74) is 9.41. The minimum atomic E-state index is 0.169. The van der Waals surface area contributed by atoms with Crippen LogP contribution >= 0.6 is 0 Å². The normalized spacial score (nSPS) is 12.3. The van der Waals surface area contributed by atoms with Gasteiger partial charge < -0.3 is 11.1 Å². The average Bonchev–Trinajstić information content (AvgIpc) is 2.49. The van der Waals surface area contributed by atoms with Crippen molar-refractivity contribution in [1.82, 2.24) is 15.3 Å². The van der Waals surface area contributed by atoms with E-state index >= 15 is 0 Å². The van der Waals surface area contributed by atoms with Gasteiger partial charge in [0.25, 0.3) is 0 Å². The second-order valence-electron chi connectivity index (χ2n) is 4.76. The van der Waals surface area contributed by atoms with Crippen molar-refractivity contribution in [3.8, 4) is 0 Å². The van der Waals surface area contributed by atoms with E-state index in [4.69, 9.17) is 5.73 Å². The first-order chi connectivity index (χ1) is 9.76. The van der Waals surface area contributed by atoms with Crippen LogP contribution in [0, 0.1) is 0 Å². The molecule has 106 valence electrons. The van der Waals surface area contributed by atoms with Crippen molar-refractivity contribution in [2.75, 3.05) is 12.3 Å². The molecule has 0 aliphatic rings. The number of nitrogens with two attached hydrogens (primary N) is 1. The van der Waals surface area contributed by atoms with Gasteiger partial charge >= 0.3 is 0 Å². The highest BCUT2D eigenvalue weighted by Gasteiger charge is 2.17. The van der Waals surface area contributed by atoms with E-state index in [1.807, 2.05) is 24.4 Å². The van der Waals surface area contributed by atoms with Crippen LogP contribution in [0.1, 0.15) is 36.7 Å². The summed E-state index contributed by atoms with van der Waals surface area (Å²) in [5, 5.41) is 3.50. The molecular weight excluding hydrogens is 248 g/mol. The van der Waals surface area contributed by atoms with E-state index in [1.165, 1.54) is 5.56 Å². The zero-order chi connectivity index (χ0) is 14.4. The summed E-state index contributed by atoms with van der Waals surface area (Å²) in [6, 6.07) is 8.25. The Kier molecular flexibility index (Phi) is 5.07. The fraction of sp³-hybridized carbons (Fsp3) is 0.375. The first-order valence-electron chi connectivity index (χ1n) is 7.12. The van der Waals surface area contributed by atoms with Crippen LogP contribution in [-0.2, 0) is 12.8 Å². The summed E-state index contributed by atoms with van der Waals surface area (Å²) in [6.45, 7) is 5.15. The molecule has 2 rings (SSSR count). The van der Waals surface area contributed by atoms with Gasteiger partial charge in [0.05, 0.1) is 11.7 Å². The van der Waals surface area contributed by atoms with Crippen molar-refractivity contribution in [2.45, 2.75) is 32.7 Å². The Morgan fingerprint density at radius 2 is 1.80 bits per heavy atom. The minimum absolute atomic E-state index is 0.169. The maximum Gasteiger partial charge on any atom is 0.126 e. The minimum Gasteiger partial charge on any atom is -0.383 e. The molecular formula is C16H22N4. The highest BCUT2D eigenvalue weighted by Crippen LogP contribution is 2.22. The number of hydrogen-bond donors (Lipinski definition) is 2. The SMILES string of the molecule is CCNC(Cc1cccnc1N)c1ncccc1CC. The topological polar surface area (TPSA) is 63.8 Å². The van der Waals surface area contributed by atoms with E-state index in [9.17, 15) is 0 Å². The summed E-state index contributed by atoms with van der Waals surface area (Å²) in [5.74, 6) is 0.601. The smallest absolute Gasteiger partial charge is 0.126 e.